The quantitative estimate of drug-likeness (QED) is 0.300. The molecule has 1 aromatic carbocycles. The maximum atomic E-state index is 10.4. The average Bonchev–Trinajstić information content (AvgIpc) is 2.76. The van der Waals surface area contributed by atoms with Gasteiger partial charge >= 0.3 is 0 Å². The summed E-state index contributed by atoms with van der Waals surface area (Å²) in [6, 6.07) is 0. The molecule has 33 heavy (non-hydrogen) atoms. The Morgan fingerprint density at radius 1 is 0.788 bits per heavy atom. The lowest BCUT2D eigenvalue weighted by Gasteiger charge is -2.38. The number of rotatable bonds is 14. The van der Waals surface area contributed by atoms with Crippen LogP contribution < -0.4 is 4.74 Å². The second kappa shape index (κ2) is 13.1. The Hall–Kier alpha value is -1.18. The third-order valence-electron chi connectivity index (χ3n) is 8.56. The van der Waals surface area contributed by atoms with Crippen LogP contribution in [0, 0.1) is 38.5 Å². The van der Waals surface area contributed by atoms with Crippen molar-refractivity contribution in [1.82, 2.24) is 0 Å². The largest absolute Gasteiger partial charge is 0.507 e. The first-order valence-corrected chi connectivity index (χ1v) is 14.1. The van der Waals surface area contributed by atoms with Crippen LogP contribution in [0.3, 0.4) is 0 Å². The predicted octanol–water partition coefficient (Wildman–Crippen LogP) is 9.62. The minimum atomic E-state index is -0.0727. The molecule has 2 heteroatoms. The van der Waals surface area contributed by atoms with Crippen LogP contribution in [0.2, 0.25) is 0 Å². The Morgan fingerprint density at radius 3 is 1.85 bits per heavy atom. The van der Waals surface area contributed by atoms with E-state index >= 15 is 0 Å². The monoisotopic (exact) mass is 458 g/mol. The number of hydrogen-bond donors (Lipinski definition) is 1. The van der Waals surface area contributed by atoms with Crippen LogP contribution in [0.1, 0.15) is 134 Å². The molecular weight excluding hydrogens is 404 g/mol. The average molecular weight is 459 g/mol. The fourth-order valence-electron chi connectivity index (χ4n) is 5.85. The Bertz CT molecular complexity index is 737. The van der Waals surface area contributed by atoms with Gasteiger partial charge in [-0.05, 0) is 87.8 Å². The van der Waals surface area contributed by atoms with Crippen LogP contribution in [0.5, 0.6) is 11.5 Å². The molecular formula is C31H54O2. The molecule has 1 N–H and O–H groups in total. The lowest BCUT2D eigenvalue weighted by atomic mass is 9.84. The Labute approximate surface area is 205 Å². The van der Waals surface area contributed by atoms with Gasteiger partial charge in [0.2, 0.25) is 0 Å². The number of phenolic OH excluding ortho intramolecular Hbond substituents is 1. The predicted molar refractivity (Wildman–Crippen MR) is 144 cm³/mol. The summed E-state index contributed by atoms with van der Waals surface area (Å²) in [5.74, 6) is 4.10. The molecule has 0 spiro atoms. The molecule has 0 aromatic heterocycles. The summed E-state index contributed by atoms with van der Waals surface area (Å²) in [6.45, 7) is 18.0. The highest BCUT2D eigenvalue weighted by Crippen LogP contribution is 2.44. The highest BCUT2D eigenvalue weighted by Gasteiger charge is 2.34. The Balaban J connectivity index is 1.69. The molecule has 0 bridgehead atoms. The van der Waals surface area contributed by atoms with Gasteiger partial charge in [0, 0.05) is 5.56 Å². The third-order valence-corrected chi connectivity index (χ3v) is 8.56. The summed E-state index contributed by atoms with van der Waals surface area (Å²) in [4.78, 5) is 0. The van der Waals surface area contributed by atoms with E-state index in [1.54, 1.807) is 0 Å². The van der Waals surface area contributed by atoms with Crippen molar-refractivity contribution in [3.8, 4) is 11.5 Å². The molecule has 4 atom stereocenters. The summed E-state index contributed by atoms with van der Waals surface area (Å²) in [6.07, 6.45) is 16.9. The minimum absolute atomic E-state index is 0.0727. The second-order valence-corrected chi connectivity index (χ2v) is 11.9. The molecule has 0 saturated carbocycles. The molecule has 190 valence electrons. The third kappa shape index (κ3) is 8.22. The van der Waals surface area contributed by atoms with Gasteiger partial charge in [-0.25, -0.2) is 0 Å². The van der Waals surface area contributed by atoms with Gasteiger partial charge in [0.1, 0.15) is 17.1 Å². The smallest absolute Gasteiger partial charge is 0.127 e. The summed E-state index contributed by atoms with van der Waals surface area (Å²) in [7, 11) is 0. The fraction of sp³-hybridized carbons (Fsp3) is 0.806. The van der Waals surface area contributed by atoms with Crippen molar-refractivity contribution in [3.05, 3.63) is 22.3 Å². The Morgan fingerprint density at radius 2 is 1.30 bits per heavy atom. The van der Waals surface area contributed by atoms with E-state index in [2.05, 4.69) is 41.5 Å². The maximum absolute atomic E-state index is 10.4. The van der Waals surface area contributed by atoms with Crippen molar-refractivity contribution >= 4 is 0 Å². The second-order valence-electron chi connectivity index (χ2n) is 11.9. The lowest BCUT2D eigenvalue weighted by molar-refractivity contribution is 0.0512. The number of aromatic hydroxyl groups is 1. The van der Waals surface area contributed by atoms with Crippen LogP contribution >= 0.6 is 0 Å². The SMILES string of the molecule is CCCC(C)CCC[C@@H](C)CCC[C@@H](C)CCC[C@]1(C)CCc2c(C)c(O)c(C)c(C)c2O1. The number of hydrogen-bond acceptors (Lipinski definition) is 2. The van der Waals surface area contributed by atoms with E-state index in [0.29, 0.717) is 5.75 Å². The van der Waals surface area contributed by atoms with Crippen LogP contribution in [0.25, 0.3) is 0 Å². The highest BCUT2D eigenvalue weighted by molar-refractivity contribution is 5.58. The first kappa shape index (κ1) is 28.1. The molecule has 0 amide bonds. The van der Waals surface area contributed by atoms with Gasteiger partial charge in [-0.15, -0.1) is 0 Å². The molecule has 1 unspecified atom stereocenters. The number of benzene rings is 1. The van der Waals surface area contributed by atoms with Crippen molar-refractivity contribution in [2.75, 3.05) is 0 Å². The first-order chi connectivity index (χ1) is 15.6. The van der Waals surface area contributed by atoms with E-state index in [9.17, 15) is 5.11 Å². The van der Waals surface area contributed by atoms with Gasteiger partial charge in [0.05, 0.1) is 0 Å². The zero-order valence-corrected chi connectivity index (χ0v) is 23.3. The van der Waals surface area contributed by atoms with Gasteiger partial charge in [-0.1, -0.05) is 85.5 Å². The molecule has 1 heterocycles. The summed E-state index contributed by atoms with van der Waals surface area (Å²) in [5, 5.41) is 10.4. The molecule has 0 aliphatic carbocycles. The molecule has 2 rings (SSSR count). The summed E-state index contributed by atoms with van der Waals surface area (Å²) in [5.41, 5.74) is 4.23. The summed E-state index contributed by atoms with van der Waals surface area (Å²) >= 11 is 0. The standard InChI is InChI=1S/C31H54O2/c1-9-13-22(2)14-10-15-23(3)16-11-17-24(4)18-12-20-31(8)21-19-28-27(7)29(32)25(5)26(6)30(28)33-31/h22-24,32H,9-21H2,1-8H3/t22?,23-,24-,31-/m1/s1. The van der Waals surface area contributed by atoms with Crippen LogP contribution in [0.4, 0.5) is 0 Å². The molecule has 0 saturated heterocycles. The van der Waals surface area contributed by atoms with Gasteiger partial charge in [-0.3, -0.25) is 0 Å². The minimum Gasteiger partial charge on any atom is -0.507 e. The molecule has 0 fully saturated rings. The van der Waals surface area contributed by atoms with Gasteiger partial charge in [0.15, 0.2) is 0 Å². The number of ether oxygens (including phenoxy) is 1. The van der Waals surface area contributed by atoms with Crippen molar-refractivity contribution in [1.29, 1.82) is 0 Å². The van der Waals surface area contributed by atoms with Gasteiger partial charge in [0.25, 0.3) is 0 Å². The van der Waals surface area contributed by atoms with Crippen molar-refractivity contribution in [3.63, 3.8) is 0 Å². The van der Waals surface area contributed by atoms with Gasteiger partial charge in [-0.2, -0.15) is 0 Å². The van der Waals surface area contributed by atoms with Crippen LogP contribution in [-0.2, 0) is 6.42 Å². The van der Waals surface area contributed by atoms with E-state index in [1.165, 1.54) is 69.8 Å². The van der Waals surface area contributed by atoms with E-state index in [-0.39, 0.29) is 5.60 Å². The highest BCUT2D eigenvalue weighted by atomic mass is 16.5. The fourth-order valence-corrected chi connectivity index (χ4v) is 5.85. The molecule has 2 nitrogen and oxygen atoms in total. The maximum Gasteiger partial charge on any atom is 0.127 e. The lowest BCUT2D eigenvalue weighted by Crippen LogP contribution is -2.37. The molecule has 1 aromatic rings. The zero-order valence-electron chi connectivity index (χ0n) is 23.3. The zero-order chi connectivity index (χ0) is 24.6. The number of phenols is 1. The van der Waals surface area contributed by atoms with E-state index in [0.717, 1.165) is 59.5 Å². The number of fused-ring (bicyclic) bond motifs is 1. The van der Waals surface area contributed by atoms with E-state index < -0.39 is 0 Å². The van der Waals surface area contributed by atoms with E-state index in [1.807, 2.05) is 13.8 Å². The molecule has 1 aliphatic rings. The van der Waals surface area contributed by atoms with Crippen molar-refractivity contribution in [2.24, 2.45) is 17.8 Å². The Kier molecular flexibility index (Phi) is 11.1. The molecule has 1 aliphatic heterocycles. The normalized spacial score (nSPS) is 20.7. The topological polar surface area (TPSA) is 29.5 Å². The van der Waals surface area contributed by atoms with Crippen molar-refractivity contribution in [2.45, 2.75) is 144 Å². The van der Waals surface area contributed by atoms with Gasteiger partial charge < -0.3 is 9.84 Å². The van der Waals surface area contributed by atoms with Crippen LogP contribution in [0.15, 0.2) is 0 Å². The summed E-state index contributed by atoms with van der Waals surface area (Å²) < 4.78 is 6.62. The van der Waals surface area contributed by atoms with E-state index in [4.69, 9.17) is 4.74 Å². The van der Waals surface area contributed by atoms with Crippen LogP contribution in [-0.4, -0.2) is 10.7 Å². The van der Waals surface area contributed by atoms with Crippen molar-refractivity contribution < 1.29 is 9.84 Å². The first-order valence-electron chi connectivity index (χ1n) is 14.1. The molecule has 0 radical (unpaired) electrons.